The number of aromatic amines is 1. The zero-order chi connectivity index (χ0) is 17.4. The van der Waals surface area contributed by atoms with Crippen LogP contribution in [-0.4, -0.2) is 39.6 Å². The summed E-state index contributed by atoms with van der Waals surface area (Å²) in [7, 11) is 1.25. The third-order valence-corrected chi connectivity index (χ3v) is 3.79. The van der Waals surface area contributed by atoms with Crippen LogP contribution >= 0.6 is 0 Å². The molecule has 0 bridgehead atoms. The molecule has 0 atom stereocenters. The summed E-state index contributed by atoms with van der Waals surface area (Å²) in [5.74, 6) is -1.58. The van der Waals surface area contributed by atoms with E-state index in [1.54, 1.807) is 11.6 Å². The highest BCUT2D eigenvalue weighted by Gasteiger charge is 2.33. The number of H-pyrrole nitrogens is 1. The Hall–Kier alpha value is -3.42. The first-order valence-electron chi connectivity index (χ1n) is 7.12. The quantitative estimate of drug-likeness (QED) is 0.621. The first-order chi connectivity index (χ1) is 11.4. The third kappa shape index (κ3) is 2.43. The second-order valence-electron chi connectivity index (χ2n) is 5.29. The molecular weight excluding hydrogens is 312 g/mol. The third-order valence-electron chi connectivity index (χ3n) is 3.79. The van der Waals surface area contributed by atoms with Crippen molar-refractivity contribution < 1.29 is 14.4 Å². The Bertz CT molecular complexity index is 937. The number of likely N-dealkylation sites (N-methyl/N-ethyl adjacent to an activating group) is 1. The van der Waals surface area contributed by atoms with Crippen LogP contribution in [0.1, 0.15) is 11.3 Å². The van der Waals surface area contributed by atoms with Gasteiger partial charge in [0, 0.05) is 7.05 Å². The number of nitrogens with zero attached hydrogens (tertiary/aromatic N) is 2. The fourth-order valence-electron chi connectivity index (χ4n) is 2.43. The summed E-state index contributed by atoms with van der Waals surface area (Å²) < 4.78 is 1.56. The van der Waals surface area contributed by atoms with Gasteiger partial charge in [-0.15, -0.1) is 0 Å². The van der Waals surface area contributed by atoms with Gasteiger partial charge in [-0.05, 0) is 25.1 Å². The molecule has 1 aliphatic rings. The van der Waals surface area contributed by atoms with Crippen molar-refractivity contribution in [3.63, 3.8) is 0 Å². The smallest absolute Gasteiger partial charge is 0.273 e. The van der Waals surface area contributed by atoms with Crippen molar-refractivity contribution in [1.82, 2.24) is 20.0 Å². The molecular formula is C16H14N4O4. The molecule has 1 saturated heterocycles. The highest BCUT2D eigenvalue weighted by atomic mass is 16.2. The molecule has 1 aromatic carbocycles. The maximum Gasteiger partial charge on any atom is 0.331 e. The van der Waals surface area contributed by atoms with E-state index < -0.39 is 23.4 Å². The summed E-state index contributed by atoms with van der Waals surface area (Å²) in [6, 6.07) is 8.32. The average Bonchev–Trinajstić information content (AvgIpc) is 2.85. The number of para-hydroxylation sites is 1. The number of rotatable bonds is 2. The monoisotopic (exact) mass is 326 g/mol. The Labute approximate surface area is 136 Å². The van der Waals surface area contributed by atoms with E-state index in [2.05, 4.69) is 5.10 Å². The van der Waals surface area contributed by atoms with E-state index in [0.29, 0.717) is 5.69 Å². The van der Waals surface area contributed by atoms with Gasteiger partial charge < -0.3 is 0 Å². The van der Waals surface area contributed by atoms with Crippen LogP contribution < -0.4 is 10.9 Å². The fraction of sp³-hybridized carbons (Fsp3) is 0.125. The predicted octanol–water partition coefficient (Wildman–Crippen LogP) is 0.566. The van der Waals surface area contributed by atoms with Gasteiger partial charge in [0.05, 0.1) is 16.9 Å². The fourth-order valence-corrected chi connectivity index (χ4v) is 2.43. The summed E-state index contributed by atoms with van der Waals surface area (Å²) >= 11 is 0. The van der Waals surface area contributed by atoms with Gasteiger partial charge >= 0.3 is 6.03 Å². The van der Waals surface area contributed by atoms with Crippen LogP contribution in [0.25, 0.3) is 11.8 Å². The minimum absolute atomic E-state index is 0.181. The van der Waals surface area contributed by atoms with E-state index in [1.807, 2.05) is 35.6 Å². The number of amides is 4. The number of hydrogen-bond acceptors (Lipinski definition) is 4. The zero-order valence-electron chi connectivity index (χ0n) is 13.0. The van der Waals surface area contributed by atoms with Crippen LogP contribution in [-0.2, 0) is 9.59 Å². The molecule has 24 heavy (non-hydrogen) atoms. The Morgan fingerprint density at radius 2 is 1.71 bits per heavy atom. The van der Waals surface area contributed by atoms with Crippen molar-refractivity contribution in [3.8, 4) is 5.69 Å². The topological polar surface area (TPSA) is 104 Å². The standard InChI is InChI=1S/C16H14N4O4/c1-9-11(8-12-13(21)17-16(24)19(2)15(12)23)14(22)18-20(9)10-6-4-3-5-7-10/h3-8H,1-2H3,(H,18,22)(H,17,21,24)/b12-8-. The summed E-state index contributed by atoms with van der Waals surface area (Å²) in [5, 5.41) is 4.71. The van der Waals surface area contributed by atoms with Crippen LogP contribution in [0.5, 0.6) is 0 Å². The first-order valence-corrected chi connectivity index (χ1v) is 7.12. The van der Waals surface area contributed by atoms with Gasteiger partial charge in [-0.2, -0.15) is 0 Å². The summed E-state index contributed by atoms with van der Waals surface area (Å²) in [5.41, 5.74) is 0.753. The lowest BCUT2D eigenvalue weighted by Gasteiger charge is -2.22. The molecule has 0 spiro atoms. The minimum atomic E-state index is -0.825. The average molecular weight is 326 g/mol. The van der Waals surface area contributed by atoms with Gasteiger partial charge in [0.25, 0.3) is 17.4 Å². The number of benzene rings is 1. The number of hydrogen-bond donors (Lipinski definition) is 2. The number of carbonyl (C=O) groups is 3. The molecule has 3 rings (SSSR count). The molecule has 122 valence electrons. The van der Waals surface area contributed by atoms with Crippen LogP contribution in [0.3, 0.4) is 0 Å². The Morgan fingerprint density at radius 1 is 1.04 bits per heavy atom. The van der Waals surface area contributed by atoms with Crippen LogP contribution in [0.2, 0.25) is 0 Å². The number of aromatic nitrogens is 2. The van der Waals surface area contributed by atoms with E-state index in [1.165, 1.54) is 13.1 Å². The second kappa shape index (κ2) is 5.65. The molecule has 0 saturated carbocycles. The van der Waals surface area contributed by atoms with Crippen LogP contribution in [0.4, 0.5) is 4.79 Å². The lowest BCUT2D eigenvalue weighted by atomic mass is 10.1. The Balaban J connectivity index is 2.10. The summed E-state index contributed by atoms with van der Waals surface area (Å²) in [6.07, 6.45) is 1.20. The molecule has 1 fully saturated rings. The maximum absolute atomic E-state index is 12.2. The Morgan fingerprint density at radius 3 is 2.38 bits per heavy atom. The molecule has 2 heterocycles. The highest BCUT2D eigenvalue weighted by Crippen LogP contribution is 2.16. The van der Waals surface area contributed by atoms with E-state index >= 15 is 0 Å². The lowest BCUT2D eigenvalue weighted by Crippen LogP contribution is -2.52. The molecule has 0 aliphatic carbocycles. The largest absolute Gasteiger partial charge is 0.331 e. The molecule has 2 N–H and O–H groups in total. The van der Waals surface area contributed by atoms with E-state index in [0.717, 1.165) is 10.6 Å². The van der Waals surface area contributed by atoms with Gasteiger partial charge in [0.2, 0.25) is 0 Å². The van der Waals surface area contributed by atoms with E-state index in [-0.39, 0.29) is 11.1 Å². The second-order valence-corrected chi connectivity index (χ2v) is 5.29. The van der Waals surface area contributed by atoms with Crippen molar-refractivity contribution in [1.29, 1.82) is 0 Å². The minimum Gasteiger partial charge on any atom is -0.273 e. The number of urea groups is 1. The van der Waals surface area contributed by atoms with Gasteiger partial charge in [0.1, 0.15) is 5.57 Å². The molecule has 8 nitrogen and oxygen atoms in total. The van der Waals surface area contributed by atoms with E-state index in [9.17, 15) is 19.2 Å². The zero-order valence-corrected chi connectivity index (χ0v) is 13.0. The number of nitrogens with one attached hydrogen (secondary N) is 2. The number of imide groups is 2. The molecule has 0 unspecified atom stereocenters. The van der Waals surface area contributed by atoms with Crippen molar-refractivity contribution in [2.75, 3.05) is 7.05 Å². The normalized spacial score (nSPS) is 16.7. The maximum atomic E-state index is 12.2. The van der Waals surface area contributed by atoms with Crippen molar-refractivity contribution >= 4 is 23.9 Å². The van der Waals surface area contributed by atoms with Crippen LogP contribution in [0, 0.1) is 6.92 Å². The summed E-state index contributed by atoms with van der Waals surface area (Å²) in [6.45, 7) is 1.69. The number of carbonyl (C=O) groups excluding carboxylic acids is 3. The SMILES string of the molecule is Cc1c(/C=C2/C(=O)NC(=O)N(C)C2=O)c(=O)[nH]n1-c1ccccc1. The van der Waals surface area contributed by atoms with Gasteiger partial charge in [-0.1, -0.05) is 18.2 Å². The Kier molecular flexibility index (Phi) is 3.64. The molecule has 1 aliphatic heterocycles. The predicted molar refractivity (Wildman–Crippen MR) is 85.4 cm³/mol. The van der Waals surface area contributed by atoms with Gasteiger partial charge in [-0.3, -0.25) is 34.4 Å². The van der Waals surface area contributed by atoms with Crippen molar-refractivity contribution in [3.05, 3.63) is 57.5 Å². The summed E-state index contributed by atoms with van der Waals surface area (Å²) in [4.78, 5) is 48.4. The lowest BCUT2D eigenvalue weighted by molar-refractivity contribution is -0.129. The molecule has 8 heteroatoms. The molecule has 0 radical (unpaired) electrons. The van der Waals surface area contributed by atoms with Gasteiger partial charge in [-0.25, -0.2) is 4.79 Å². The molecule has 2 aromatic rings. The molecule has 4 amide bonds. The van der Waals surface area contributed by atoms with Gasteiger partial charge in [0.15, 0.2) is 0 Å². The van der Waals surface area contributed by atoms with Crippen LogP contribution in [0.15, 0.2) is 40.7 Å². The number of barbiturate groups is 1. The highest BCUT2D eigenvalue weighted by molar-refractivity contribution is 6.30. The molecule has 1 aromatic heterocycles. The van der Waals surface area contributed by atoms with Crippen molar-refractivity contribution in [2.45, 2.75) is 6.92 Å². The van der Waals surface area contributed by atoms with Crippen molar-refractivity contribution in [2.24, 2.45) is 0 Å². The van der Waals surface area contributed by atoms with E-state index in [4.69, 9.17) is 0 Å². The first kappa shape index (κ1) is 15.5.